The molecule has 0 fully saturated rings. The number of ether oxygens (including phenoxy) is 2. The summed E-state index contributed by atoms with van der Waals surface area (Å²) in [5.74, 6) is -0.714. The summed E-state index contributed by atoms with van der Waals surface area (Å²) in [6.45, 7) is 2.38. The van der Waals surface area contributed by atoms with Crippen LogP contribution in [0.4, 0.5) is 0 Å². The molecule has 0 saturated heterocycles. The molecule has 1 aromatic carbocycles. The van der Waals surface area contributed by atoms with Crippen LogP contribution >= 0.6 is 0 Å². The van der Waals surface area contributed by atoms with Gasteiger partial charge in [-0.05, 0) is 25.1 Å². The second kappa shape index (κ2) is 8.11. The first kappa shape index (κ1) is 16.8. The molecule has 0 aromatic heterocycles. The van der Waals surface area contributed by atoms with Gasteiger partial charge in [0.25, 0.3) is 5.91 Å². The van der Waals surface area contributed by atoms with Crippen molar-refractivity contribution in [3.05, 3.63) is 23.8 Å². The Kier molecular flexibility index (Phi) is 6.48. The maximum absolute atomic E-state index is 11.9. The van der Waals surface area contributed by atoms with Gasteiger partial charge in [0.15, 0.2) is 17.6 Å². The van der Waals surface area contributed by atoms with Crippen LogP contribution in [0.5, 0.6) is 11.5 Å². The van der Waals surface area contributed by atoms with Crippen molar-refractivity contribution in [1.82, 2.24) is 5.32 Å². The van der Waals surface area contributed by atoms with Crippen LogP contribution in [0.2, 0.25) is 0 Å². The molecule has 0 aliphatic heterocycles. The van der Waals surface area contributed by atoms with Crippen molar-refractivity contribution in [2.24, 2.45) is 0 Å². The second-order valence-electron chi connectivity index (χ2n) is 4.20. The molecular weight excluding hydrogens is 278 g/mol. The zero-order valence-electron chi connectivity index (χ0n) is 12.0. The maximum Gasteiger partial charge on any atom is 0.332 e. The number of carboxylic acid groups (broad SMARTS) is 1. The summed E-state index contributed by atoms with van der Waals surface area (Å²) in [6, 6.07) is 4.74. The fourth-order valence-corrected chi connectivity index (χ4v) is 1.63. The van der Waals surface area contributed by atoms with Gasteiger partial charge in [-0.1, -0.05) is 0 Å². The third-order valence-corrected chi connectivity index (χ3v) is 2.71. The average Bonchev–Trinajstić information content (AvgIpc) is 2.47. The van der Waals surface area contributed by atoms with E-state index in [9.17, 15) is 9.59 Å². The summed E-state index contributed by atoms with van der Waals surface area (Å²) in [5.41, 5.74) is 0.361. The van der Waals surface area contributed by atoms with Gasteiger partial charge >= 0.3 is 5.97 Å². The SMILES string of the molecule is CCOc1ccc(C(=O)NCCC(O)C(=O)O)cc1OC. The van der Waals surface area contributed by atoms with Crippen LogP contribution in [0, 0.1) is 0 Å². The molecule has 1 rings (SSSR count). The van der Waals surface area contributed by atoms with E-state index in [1.54, 1.807) is 12.1 Å². The number of benzene rings is 1. The predicted octanol–water partition coefficient (Wildman–Crippen LogP) is 0.659. The number of methoxy groups -OCH3 is 1. The minimum atomic E-state index is -1.49. The fourth-order valence-electron chi connectivity index (χ4n) is 1.63. The number of rotatable bonds is 8. The van der Waals surface area contributed by atoms with E-state index in [1.165, 1.54) is 13.2 Å². The first-order valence-electron chi connectivity index (χ1n) is 6.49. The minimum absolute atomic E-state index is 0.0574. The zero-order chi connectivity index (χ0) is 15.8. The number of carbonyl (C=O) groups excluding carboxylic acids is 1. The third kappa shape index (κ3) is 4.96. The molecule has 0 aliphatic rings. The van der Waals surface area contributed by atoms with Gasteiger partial charge in [0.2, 0.25) is 0 Å². The monoisotopic (exact) mass is 297 g/mol. The Hall–Kier alpha value is -2.28. The number of aliphatic carboxylic acids is 1. The smallest absolute Gasteiger partial charge is 0.332 e. The van der Waals surface area contributed by atoms with Crippen molar-refractivity contribution in [1.29, 1.82) is 0 Å². The third-order valence-electron chi connectivity index (χ3n) is 2.71. The summed E-state index contributed by atoms with van der Waals surface area (Å²) in [6.07, 6.45) is -1.55. The number of carboxylic acids is 1. The maximum atomic E-state index is 11.9. The molecule has 0 bridgehead atoms. The zero-order valence-corrected chi connectivity index (χ0v) is 12.0. The van der Waals surface area contributed by atoms with E-state index in [0.717, 1.165) is 0 Å². The van der Waals surface area contributed by atoms with E-state index >= 15 is 0 Å². The number of carbonyl (C=O) groups is 2. The van der Waals surface area contributed by atoms with E-state index in [0.29, 0.717) is 23.7 Å². The molecule has 3 N–H and O–H groups in total. The number of amides is 1. The topological polar surface area (TPSA) is 105 Å². The summed E-state index contributed by atoms with van der Waals surface area (Å²) < 4.78 is 10.5. The molecule has 0 spiro atoms. The molecule has 1 amide bonds. The molecule has 1 atom stereocenters. The normalized spacial score (nSPS) is 11.6. The summed E-state index contributed by atoms with van der Waals surface area (Å²) in [7, 11) is 1.47. The van der Waals surface area contributed by atoms with Crippen LogP contribution in [0.1, 0.15) is 23.7 Å². The lowest BCUT2D eigenvalue weighted by atomic mass is 10.2. The molecule has 0 radical (unpaired) electrons. The van der Waals surface area contributed by atoms with Crippen LogP contribution in [-0.2, 0) is 4.79 Å². The molecule has 0 saturated carbocycles. The number of hydrogen-bond acceptors (Lipinski definition) is 5. The molecule has 1 unspecified atom stereocenters. The first-order chi connectivity index (χ1) is 9.99. The second-order valence-corrected chi connectivity index (χ2v) is 4.20. The average molecular weight is 297 g/mol. The predicted molar refractivity (Wildman–Crippen MR) is 74.8 cm³/mol. The molecule has 1 aromatic rings. The van der Waals surface area contributed by atoms with Gasteiger partial charge in [-0.2, -0.15) is 0 Å². The molecule has 0 heterocycles. The fraction of sp³-hybridized carbons (Fsp3) is 0.429. The van der Waals surface area contributed by atoms with Gasteiger partial charge in [-0.15, -0.1) is 0 Å². The van der Waals surface area contributed by atoms with E-state index in [-0.39, 0.29) is 18.9 Å². The number of aliphatic hydroxyl groups excluding tert-OH is 1. The Morgan fingerprint density at radius 1 is 1.33 bits per heavy atom. The van der Waals surface area contributed by atoms with Crippen molar-refractivity contribution < 1.29 is 29.3 Å². The molecule has 7 nitrogen and oxygen atoms in total. The van der Waals surface area contributed by atoms with E-state index in [2.05, 4.69) is 5.32 Å². The largest absolute Gasteiger partial charge is 0.493 e. The summed E-state index contributed by atoms with van der Waals surface area (Å²) in [5, 5.41) is 20.1. The van der Waals surface area contributed by atoms with E-state index < -0.39 is 12.1 Å². The summed E-state index contributed by atoms with van der Waals surface area (Å²) in [4.78, 5) is 22.3. The molecule has 7 heteroatoms. The Morgan fingerprint density at radius 2 is 2.05 bits per heavy atom. The van der Waals surface area contributed by atoms with Crippen LogP contribution in [-0.4, -0.2) is 48.5 Å². The lowest BCUT2D eigenvalue weighted by molar-refractivity contribution is -0.146. The van der Waals surface area contributed by atoms with Crippen LogP contribution in [0.3, 0.4) is 0 Å². The first-order valence-corrected chi connectivity index (χ1v) is 6.49. The Labute approximate surface area is 122 Å². The van der Waals surface area contributed by atoms with E-state index in [4.69, 9.17) is 19.7 Å². The number of hydrogen-bond donors (Lipinski definition) is 3. The van der Waals surface area contributed by atoms with Crippen molar-refractivity contribution in [3.8, 4) is 11.5 Å². The Morgan fingerprint density at radius 3 is 2.62 bits per heavy atom. The standard InChI is InChI=1S/C14H19NO6/c1-3-21-11-5-4-9(8-12(11)20-2)13(17)15-7-6-10(16)14(18)19/h4-5,8,10,16H,3,6-7H2,1-2H3,(H,15,17)(H,18,19). The number of aliphatic hydroxyl groups is 1. The Bertz CT molecular complexity index is 502. The highest BCUT2D eigenvalue weighted by Gasteiger charge is 2.14. The van der Waals surface area contributed by atoms with Crippen molar-refractivity contribution in [2.45, 2.75) is 19.4 Å². The number of nitrogens with one attached hydrogen (secondary N) is 1. The summed E-state index contributed by atoms with van der Waals surface area (Å²) >= 11 is 0. The van der Waals surface area contributed by atoms with Gasteiger partial charge < -0.3 is 25.0 Å². The van der Waals surface area contributed by atoms with Gasteiger partial charge in [-0.25, -0.2) is 4.79 Å². The molecule has 116 valence electrons. The van der Waals surface area contributed by atoms with Crippen molar-refractivity contribution in [2.75, 3.05) is 20.3 Å². The molecule has 21 heavy (non-hydrogen) atoms. The highest BCUT2D eigenvalue weighted by Crippen LogP contribution is 2.27. The van der Waals surface area contributed by atoms with Gasteiger partial charge in [0.1, 0.15) is 0 Å². The minimum Gasteiger partial charge on any atom is -0.493 e. The van der Waals surface area contributed by atoms with Gasteiger partial charge in [0.05, 0.1) is 13.7 Å². The molecular formula is C14H19NO6. The molecule has 0 aliphatic carbocycles. The highest BCUT2D eigenvalue weighted by atomic mass is 16.5. The van der Waals surface area contributed by atoms with Gasteiger partial charge in [-0.3, -0.25) is 4.79 Å². The van der Waals surface area contributed by atoms with Crippen molar-refractivity contribution >= 4 is 11.9 Å². The van der Waals surface area contributed by atoms with Crippen LogP contribution in [0.15, 0.2) is 18.2 Å². The Balaban J connectivity index is 2.64. The lowest BCUT2D eigenvalue weighted by Gasteiger charge is -2.11. The van der Waals surface area contributed by atoms with E-state index in [1.807, 2.05) is 6.92 Å². The lowest BCUT2D eigenvalue weighted by Crippen LogP contribution is -2.30. The van der Waals surface area contributed by atoms with Crippen LogP contribution in [0.25, 0.3) is 0 Å². The van der Waals surface area contributed by atoms with Crippen molar-refractivity contribution in [3.63, 3.8) is 0 Å². The van der Waals surface area contributed by atoms with Gasteiger partial charge in [0, 0.05) is 18.5 Å². The highest BCUT2D eigenvalue weighted by molar-refractivity contribution is 5.94. The van der Waals surface area contributed by atoms with Crippen LogP contribution < -0.4 is 14.8 Å². The quantitative estimate of drug-likeness (QED) is 0.651.